The van der Waals surface area contributed by atoms with Crippen molar-refractivity contribution >= 4 is 6.79 Å². The van der Waals surface area contributed by atoms with Gasteiger partial charge in [-0.25, -0.2) is 0 Å². The molecule has 1 nitrogen and oxygen atoms in total. The fourth-order valence-electron chi connectivity index (χ4n) is 0. The standard InChI is InChI=1S/CH2O.2Ru/c1-2;;/h1H2;;. The molecule has 0 unspecified atom stereocenters. The molecule has 0 aromatic rings. The van der Waals surface area contributed by atoms with E-state index in [0.717, 1.165) is 0 Å². The third-order valence-corrected chi connectivity index (χ3v) is 0. The summed E-state index contributed by atoms with van der Waals surface area (Å²) in [7, 11) is 0. The molecule has 4 heavy (non-hydrogen) atoms. The summed E-state index contributed by atoms with van der Waals surface area (Å²) in [6, 6.07) is 0. The Hall–Kier alpha value is 0.917. The Kier molecular flexibility index (Phi) is 203. The molecular weight excluding hydrogens is 230 g/mol. The number of hydrogen-bond acceptors (Lipinski definition) is 1. The quantitative estimate of drug-likeness (QED) is 0.529. The molecule has 0 N–H and O–H groups in total. The van der Waals surface area contributed by atoms with Crippen molar-refractivity contribution in [1.29, 1.82) is 0 Å². The Morgan fingerprint density at radius 3 is 1.00 bits per heavy atom. The van der Waals surface area contributed by atoms with E-state index in [4.69, 9.17) is 4.79 Å². The number of hydrogen-bond donors (Lipinski definition) is 0. The van der Waals surface area contributed by atoms with Gasteiger partial charge in [-0.05, 0) is 0 Å². The monoisotopic (exact) mass is 234 g/mol. The van der Waals surface area contributed by atoms with Crippen LogP contribution >= 0.6 is 0 Å². The average molecular weight is 232 g/mol. The molecule has 0 aromatic heterocycles. The molecule has 0 fully saturated rings. The van der Waals surface area contributed by atoms with Crippen LogP contribution in [0.4, 0.5) is 0 Å². The van der Waals surface area contributed by atoms with E-state index in [0.29, 0.717) is 0 Å². The predicted molar refractivity (Wildman–Crippen MR) is 7.12 cm³/mol. The van der Waals surface area contributed by atoms with Crippen LogP contribution in [-0.4, -0.2) is 6.79 Å². The zero-order valence-corrected chi connectivity index (χ0v) is 5.30. The third-order valence-electron chi connectivity index (χ3n) is 0. The molecule has 0 atom stereocenters. The molecule has 3 heteroatoms. The van der Waals surface area contributed by atoms with Crippen LogP contribution in [0, 0.1) is 0 Å². The van der Waals surface area contributed by atoms with Crippen molar-refractivity contribution in [3.05, 3.63) is 0 Å². The van der Waals surface area contributed by atoms with Gasteiger partial charge in [0.25, 0.3) is 0 Å². The largest absolute Gasteiger partial charge is 0.307 e. The first-order valence-electron chi connectivity index (χ1n) is 0.289. The van der Waals surface area contributed by atoms with E-state index < -0.39 is 0 Å². The number of carbonyl (C=O) groups excluding carboxylic acids is 1. The van der Waals surface area contributed by atoms with Crippen LogP contribution in [0.5, 0.6) is 0 Å². The summed E-state index contributed by atoms with van der Waals surface area (Å²) < 4.78 is 0. The van der Waals surface area contributed by atoms with Crippen molar-refractivity contribution in [3.8, 4) is 0 Å². The van der Waals surface area contributed by atoms with Crippen molar-refractivity contribution in [2.75, 3.05) is 0 Å². The van der Waals surface area contributed by atoms with Crippen LogP contribution in [0.1, 0.15) is 0 Å². The van der Waals surface area contributed by atoms with E-state index in [1.165, 1.54) is 0 Å². The van der Waals surface area contributed by atoms with E-state index >= 15 is 0 Å². The van der Waals surface area contributed by atoms with E-state index in [1.54, 1.807) is 0 Å². The van der Waals surface area contributed by atoms with Crippen LogP contribution in [0.3, 0.4) is 0 Å². The van der Waals surface area contributed by atoms with Gasteiger partial charge in [-0.15, -0.1) is 0 Å². The normalized spacial score (nSPS) is 1.00. The van der Waals surface area contributed by atoms with Crippen molar-refractivity contribution in [2.45, 2.75) is 0 Å². The zero-order chi connectivity index (χ0) is 2.00. The minimum Gasteiger partial charge on any atom is -0.307 e. The Morgan fingerprint density at radius 2 is 1.00 bits per heavy atom. The minimum atomic E-state index is 0. The third kappa shape index (κ3) is 12.8. The van der Waals surface area contributed by atoms with Crippen molar-refractivity contribution in [2.24, 2.45) is 0 Å². The van der Waals surface area contributed by atoms with E-state index in [-0.39, 0.29) is 39.0 Å². The first kappa shape index (κ1) is 20.5. The van der Waals surface area contributed by atoms with E-state index in [1.807, 2.05) is 6.79 Å². The summed E-state index contributed by atoms with van der Waals surface area (Å²) in [5.41, 5.74) is 0. The second kappa shape index (κ2) is 39.6. The van der Waals surface area contributed by atoms with Gasteiger partial charge >= 0.3 is 0 Å². The number of carbonyl (C=O) groups is 1. The Bertz CT molecular complexity index is 6.00. The molecule has 0 saturated carbocycles. The van der Waals surface area contributed by atoms with Crippen molar-refractivity contribution < 1.29 is 43.8 Å². The molecule has 0 spiro atoms. The SMILES string of the molecule is C=O.[Ru].[Ru]. The number of rotatable bonds is 0. The first-order valence-corrected chi connectivity index (χ1v) is 0.289. The van der Waals surface area contributed by atoms with Gasteiger partial charge < -0.3 is 4.79 Å². The Labute approximate surface area is 50.7 Å². The summed E-state index contributed by atoms with van der Waals surface area (Å²) in [5, 5.41) is 0. The van der Waals surface area contributed by atoms with Crippen LogP contribution in [-0.2, 0) is 43.8 Å². The second-order valence-electron chi connectivity index (χ2n) is 0. The second-order valence-corrected chi connectivity index (χ2v) is 0. The average Bonchev–Trinajstić information content (AvgIpc) is 1.00. The maximum absolute atomic E-state index is 8.00. The molecule has 0 aliphatic carbocycles. The minimum absolute atomic E-state index is 0. The van der Waals surface area contributed by atoms with Crippen LogP contribution in [0.15, 0.2) is 0 Å². The maximum Gasteiger partial charge on any atom is 0.106 e. The summed E-state index contributed by atoms with van der Waals surface area (Å²) in [5.74, 6) is 0. The molecule has 0 aliphatic heterocycles. The van der Waals surface area contributed by atoms with E-state index in [2.05, 4.69) is 0 Å². The molecule has 0 heterocycles. The first-order chi connectivity index (χ1) is 1.00. The molecule has 28 valence electrons. The fraction of sp³-hybridized carbons (Fsp3) is 0. The summed E-state index contributed by atoms with van der Waals surface area (Å²) in [6.07, 6.45) is 0. The Balaban J connectivity index is -0.00000000500. The predicted octanol–water partition coefficient (Wildman–Crippen LogP) is -0.190. The topological polar surface area (TPSA) is 17.1 Å². The van der Waals surface area contributed by atoms with Gasteiger partial charge in [-0.1, -0.05) is 0 Å². The smallest absolute Gasteiger partial charge is 0.106 e. The van der Waals surface area contributed by atoms with E-state index in [9.17, 15) is 0 Å². The van der Waals surface area contributed by atoms with Crippen LogP contribution < -0.4 is 0 Å². The van der Waals surface area contributed by atoms with Gasteiger partial charge in [0.05, 0.1) is 0 Å². The van der Waals surface area contributed by atoms with Gasteiger partial charge in [-0.2, -0.15) is 0 Å². The Morgan fingerprint density at radius 1 is 1.00 bits per heavy atom. The van der Waals surface area contributed by atoms with Gasteiger partial charge in [0.1, 0.15) is 6.79 Å². The van der Waals surface area contributed by atoms with Gasteiger partial charge in [0, 0.05) is 39.0 Å². The maximum atomic E-state index is 8.00. The molecule has 0 saturated heterocycles. The van der Waals surface area contributed by atoms with Crippen LogP contribution in [0.2, 0.25) is 0 Å². The molecule has 0 radical (unpaired) electrons. The molecule has 0 aromatic carbocycles. The molecule has 0 bridgehead atoms. The molecular formula is CH2ORu2. The van der Waals surface area contributed by atoms with Crippen molar-refractivity contribution in [1.82, 2.24) is 0 Å². The fourth-order valence-corrected chi connectivity index (χ4v) is 0. The van der Waals surface area contributed by atoms with Gasteiger partial charge in [-0.3, -0.25) is 0 Å². The zero-order valence-electron chi connectivity index (χ0n) is 1.82. The van der Waals surface area contributed by atoms with Crippen molar-refractivity contribution in [3.63, 3.8) is 0 Å². The van der Waals surface area contributed by atoms with Gasteiger partial charge in [0.15, 0.2) is 0 Å². The van der Waals surface area contributed by atoms with Crippen LogP contribution in [0.25, 0.3) is 0 Å². The summed E-state index contributed by atoms with van der Waals surface area (Å²) in [4.78, 5) is 8.00. The van der Waals surface area contributed by atoms with Gasteiger partial charge in [0.2, 0.25) is 0 Å². The summed E-state index contributed by atoms with van der Waals surface area (Å²) >= 11 is 0. The molecule has 0 aliphatic rings. The molecule has 0 amide bonds. The summed E-state index contributed by atoms with van der Waals surface area (Å²) in [6.45, 7) is 2.00. The molecule has 0 rings (SSSR count).